The van der Waals surface area contributed by atoms with Gasteiger partial charge in [-0.3, -0.25) is 0 Å². The van der Waals surface area contributed by atoms with Crippen LogP contribution < -0.4 is 4.74 Å². The van der Waals surface area contributed by atoms with Crippen LogP contribution in [-0.4, -0.2) is 0 Å². The van der Waals surface area contributed by atoms with E-state index >= 15 is 0 Å². The van der Waals surface area contributed by atoms with Gasteiger partial charge in [0, 0.05) is 10.9 Å². The molecule has 0 fully saturated rings. The fourth-order valence-corrected chi connectivity index (χ4v) is 2.52. The Morgan fingerprint density at radius 1 is 1.05 bits per heavy atom. The molecule has 0 aromatic heterocycles. The SMILES string of the molecule is CC(C)(C)c1ccc(COc2c(F)cccc2CBr)cc1. The zero-order valence-electron chi connectivity index (χ0n) is 12.6. The van der Waals surface area contributed by atoms with E-state index in [-0.39, 0.29) is 11.2 Å². The fraction of sp³-hybridized carbons (Fsp3) is 0.333. The molecule has 2 aromatic carbocycles. The number of halogens is 2. The first kappa shape index (κ1) is 16.0. The third kappa shape index (κ3) is 4.07. The summed E-state index contributed by atoms with van der Waals surface area (Å²) in [6.07, 6.45) is 0. The van der Waals surface area contributed by atoms with E-state index in [2.05, 4.69) is 48.8 Å². The number of benzene rings is 2. The van der Waals surface area contributed by atoms with Crippen LogP contribution in [0, 0.1) is 5.82 Å². The van der Waals surface area contributed by atoms with E-state index in [1.165, 1.54) is 11.6 Å². The van der Waals surface area contributed by atoms with E-state index < -0.39 is 0 Å². The Hall–Kier alpha value is -1.35. The lowest BCUT2D eigenvalue weighted by Crippen LogP contribution is -2.11. The molecule has 0 N–H and O–H groups in total. The number of alkyl halides is 1. The van der Waals surface area contributed by atoms with Gasteiger partial charge in [0.1, 0.15) is 6.61 Å². The second-order valence-electron chi connectivity index (χ2n) is 6.10. The second kappa shape index (κ2) is 6.61. The largest absolute Gasteiger partial charge is 0.486 e. The van der Waals surface area contributed by atoms with Crippen LogP contribution in [0.3, 0.4) is 0 Å². The Balaban J connectivity index is 2.10. The molecule has 0 aliphatic carbocycles. The lowest BCUT2D eigenvalue weighted by Gasteiger charge is -2.19. The first-order valence-electron chi connectivity index (χ1n) is 6.97. The van der Waals surface area contributed by atoms with Crippen LogP contribution in [0.15, 0.2) is 42.5 Å². The highest BCUT2D eigenvalue weighted by Gasteiger charge is 2.13. The van der Waals surface area contributed by atoms with Crippen molar-refractivity contribution in [2.24, 2.45) is 0 Å². The molecule has 0 aliphatic rings. The zero-order chi connectivity index (χ0) is 15.5. The van der Waals surface area contributed by atoms with Gasteiger partial charge in [0.05, 0.1) is 0 Å². The highest BCUT2D eigenvalue weighted by Crippen LogP contribution is 2.26. The van der Waals surface area contributed by atoms with Crippen molar-refractivity contribution in [3.63, 3.8) is 0 Å². The number of para-hydroxylation sites is 1. The molecule has 0 saturated heterocycles. The van der Waals surface area contributed by atoms with Crippen molar-refractivity contribution in [1.29, 1.82) is 0 Å². The molecule has 21 heavy (non-hydrogen) atoms. The lowest BCUT2D eigenvalue weighted by molar-refractivity contribution is 0.288. The Bertz CT molecular complexity index is 600. The highest BCUT2D eigenvalue weighted by atomic mass is 79.9. The first-order valence-corrected chi connectivity index (χ1v) is 8.09. The highest BCUT2D eigenvalue weighted by molar-refractivity contribution is 9.08. The molecule has 2 rings (SSSR count). The van der Waals surface area contributed by atoms with Gasteiger partial charge in [0.25, 0.3) is 0 Å². The van der Waals surface area contributed by atoms with Crippen molar-refractivity contribution in [1.82, 2.24) is 0 Å². The second-order valence-corrected chi connectivity index (χ2v) is 6.66. The van der Waals surface area contributed by atoms with E-state index in [1.54, 1.807) is 6.07 Å². The van der Waals surface area contributed by atoms with Crippen LogP contribution in [0.5, 0.6) is 5.75 Å². The minimum Gasteiger partial charge on any atom is -0.486 e. The van der Waals surface area contributed by atoms with Crippen LogP contribution in [0.25, 0.3) is 0 Å². The molecule has 0 atom stereocenters. The molecule has 1 nitrogen and oxygen atoms in total. The van der Waals surface area contributed by atoms with Gasteiger partial charge in [0.15, 0.2) is 11.6 Å². The summed E-state index contributed by atoms with van der Waals surface area (Å²) in [4.78, 5) is 0. The maximum absolute atomic E-state index is 13.8. The molecule has 0 unspecified atom stereocenters. The summed E-state index contributed by atoms with van der Waals surface area (Å²) < 4.78 is 19.5. The van der Waals surface area contributed by atoms with E-state index in [1.807, 2.05) is 18.2 Å². The molecule has 0 radical (unpaired) electrons. The smallest absolute Gasteiger partial charge is 0.165 e. The average Bonchev–Trinajstić information content (AvgIpc) is 2.45. The molecule has 0 bridgehead atoms. The van der Waals surface area contributed by atoms with Crippen molar-refractivity contribution < 1.29 is 9.13 Å². The Morgan fingerprint density at radius 3 is 2.29 bits per heavy atom. The molecule has 0 heterocycles. The third-order valence-corrected chi connectivity index (χ3v) is 4.00. The minimum absolute atomic E-state index is 0.133. The molecule has 3 heteroatoms. The number of rotatable bonds is 4. The van der Waals surface area contributed by atoms with Crippen molar-refractivity contribution in [3.05, 3.63) is 65.0 Å². The Kier molecular flexibility index (Phi) is 5.04. The summed E-state index contributed by atoms with van der Waals surface area (Å²) in [7, 11) is 0. The van der Waals surface area contributed by atoms with Crippen LogP contribution in [0.2, 0.25) is 0 Å². The monoisotopic (exact) mass is 350 g/mol. The maximum Gasteiger partial charge on any atom is 0.165 e. The van der Waals surface area contributed by atoms with Crippen LogP contribution in [-0.2, 0) is 17.4 Å². The fourth-order valence-electron chi connectivity index (χ4n) is 2.08. The van der Waals surface area contributed by atoms with Gasteiger partial charge < -0.3 is 4.74 Å². The van der Waals surface area contributed by atoms with Gasteiger partial charge in [-0.1, -0.05) is 73.1 Å². The van der Waals surface area contributed by atoms with Crippen molar-refractivity contribution in [3.8, 4) is 5.75 Å². The van der Waals surface area contributed by atoms with E-state index in [0.717, 1.165) is 11.1 Å². The lowest BCUT2D eigenvalue weighted by atomic mass is 9.87. The molecule has 112 valence electrons. The summed E-state index contributed by atoms with van der Waals surface area (Å²) in [5.74, 6) is 0.00698. The summed E-state index contributed by atoms with van der Waals surface area (Å²) in [6.45, 7) is 6.91. The molecule has 0 spiro atoms. The van der Waals surface area contributed by atoms with Crippen molar-refractivity contribution in [2.75, 3.05) is 0 Å². The molecule has 0 saturated carbocycles. The normalized spacial score (nSPS) is 11.5. The van der Waals surface area contributed by atoms with Gasteiger partial charge in [-0.2, -0.15) is 0 Å². The van der Waals surface area contributed by atoms with Crippen LogP contribution >= 0.6 is 15.9 Å². The minimum atomic E-state index is -0.321. The van der Waals surface area contributed by atoms with E-state index in [9.17, 15) is 4.39 Å². The maximum atomic E-state index is 13.8. The topological polar surface area (TPSA) is 9.23 Å². The first-order chi connectivity index (χ1) is 9.91. The summed E-state index contributed by atoms with van der Waals surface area (Å²) in [5, 5.41) is 0.572. The predicted molar refractivity (Wildman–Crippen MR) is 88.5 cm³/mol. The summed E-state index contributed by atoms with van der Waals surface area (Å²) in [5.41, 5.74) is 3.26. The molecule has 0 amide bonds. The number of hydrogen-bond acceptors (Lipinski definition) is 1. The van der Waals surface area contributed by atoms with Gasteiger partial charge in [0.2, 0.25) is 0 Å². The average molecular weight is 351 g/mol. The van der Waals surface area contributed by atoms with E-state index in [0.29, 0.717) is 17.7 Å². The quantitative estimate of drug-likeness (QED) is 0.652. The van der Waals surface area contributed by atoms with Crippen LogP contribution in [0.1, 0.15) is 37.5 Å². The van der Waals surface area contributed by atoms with Gasteiger partial charge >= 0.3 is 0 Å². The zero-order valence-corrected chi connectivity index (χ0v) is 14.2. The predicted octanol–water partition coefficient (Wildman–Crippen LogP) is 5.60. The van der Waals surface area contributed by atoms with Crippen LogP contribution in [0.4, 0.5) is 4.39 Å². The molecule has 2 aromatic rings. The molecular formula is C18H20BrFO. The molecular weight excluding hydrogens is 331 g/mol. The Morgan fingerprint density at radius 2 is 1.71 bits per heavy atom. The number of hydrogen-bond donors (Lipinski definition) is 0. The number of ether oxygens (including phenoxy) is 1. The van der Waals surface area contributed by atoms with Crippen molar-refractivity contribution in [2.45, 2.75) is 38.1 Å². The molecule has 0 aliphatic heterocycles. The van der Waals surface area contributed by atoms with Gasteiger partial charge in [-0.05, 0) is 22.6 Å². The Labute approximate surface area is 134 Å². The summed E-state index contributed by atoms with van der Waals surface area (Å²) >= 11 is 3.35. The van der Waals surface area contributed by atoms with E-state index in [4.69, 9.17) is 4.74 Å². The standard InChI is InChI=1S/C18H20BrFO/c1-18(2,3)15-9-7-13(8-10-15)12-21-17-14(11-19)5-4-6-16(17)20/h4-10H,11-12H2,1-3H3. The van der Waals surface area contributed by atoms with Gasteiger partial charge in [-0.15, -0.1) is 0 Å². The third-order valence-electron chi connectivity index (χ3n) is 3.40. The van der Waals surface area contributed by atoms with Crippen molar-refractivity contribution >= 4 is 15.9 Å². The summed E-state index contributed by atoms with van der Waals surface area (Å²) in [6, 6.07) is 13.2. The van der Waals surface area contributed by atoms with Gasteiger partial charge in [-0.25, -0.2) is 4.39 Å².